The van der Waals surface area contributed by atoms with Crippen LogP contribution in [0.4, 0.5) is 10.1 Å². The highest BCUT2D eigenvalue weighted by molar-refractivity contribution is 9.10. The van der Waals surface area contributed by atoms with Crippen LogP contribution in [-0.4, -0.2) is 4.98 Å². The molecule has 0 spiro atoms. The van der Waals surface area contributed by atoms with E-state index in [0.29, 0.717) is 5.88 Å². The van der Waals surface area contributed by atoms with Gasteiger partial charge in [0, 0.05) is 16.7 Å². The molecule has 2 aromatic rings. The Morgan fingerprint density at radius 1 is 1.41 bits per heavy atom. The number of rotatable bonds is 2. The molecule has 2 rings (SSSR count). The first kappa shape index (κ1) is 11.9. The summed E-state index contributed by atoms with van der Waals surface area (Å²) in [6, 6.07) is 6.09. The Labute approximate surface area is 107 Å². The van der Waals surface area contributed by atoms with Gasteiger partial charge in [-0.25, -0.2) is 9.37 Å². The molecule has 0 aliphatic carbocycles. The van der Waals surface area contributed by atoms with Gasteiger partial charge in [-0.3, -0.25) is 0 Å². The van der Waals surface area contributed by atoms with Gasteiger partial charge in [0.25, 0.3) is 0 Å². The Bertz CT molecular complexity index is 540. The summed E-state index contributed by atoms with van der Waals surface area (Å²) in [5.74, 6) is -0.198. The predicted molar refractivity (Wildman–Crippen MR) is 67.6 cm³/mol. The number of aryl methyl sites for hydroxylation is 1. The Kier molecular flexibility index (Phi) is 3.28. The maximum atomic E-state index is 13.5. The number of halogens is 2. The van der Waals surface area contributed by atoms with Gasteiger partial charge in [0.15, 0.2) is 11.6 Å². The molecule has 3 nitrogen and oxygen atoms in total. The largest absolute Gasteiger partial charge is 0.434 e. The Morgan fingerprint density at radius 2 is 2.18 bits per heavy atom. The Morgan fingerprint density at radius 3 is 2.82 bits per heavy atom. The van der Waals surface area contributed by atoms with Gasteiger partial charge in [-0.2, -0.15) is 0 Å². The molecule has 0 atom stereocenters. The van der Waals surface area contributed by atoms with Crippen molar-refractivity contribution in [2.24, 2.45) is 0 Å². The lowest BCUT2D eigenvalue weighted by Crippen LogP contribution is -1.96. The lowest BCUT2D eigenvalue weighted by molar-refractivity contribution is 0.429. The van der Waals surface area contributed by atoms with Crippen LogP contribution in [-0.2, 0) is 0 Å². The van der Waals surface area contributed by atoms with Crippen LogP contribution in [0.1, 0.15) is 5.56 Å². The quantitative estimate of drug-likeness (QED) is 0.860. The van der Waals surface area contributed by atoms with Crippen molar-refractivity contribution in [3.63, 3.8) is 0 Å². The molecule has 0 unspecified atom stereocenters. The smallest absolute Gasteiger partial charge is 0.219 e. The number of para-hydroxylation sites is 1. The van der Waals surface area contributed by atoms with Crippen molar-refractivity contribution in [3.05, 3.63) is 46.3 Å². The molecule has 1 heterocycles. The third kappa shape index (κ3) is 2.55. The van der Waals surface area contributed by atoms with Crippen LogP contribution < -0.4 is 10.5 Å². The standard InChI is InChI=1S/C12H10BrFN2O/c1-7-5-11(16-6-8(7)13)17-12-9(14)3-2-4-10(12)15/h2-6H,15H2,1H3. The topological polar surface area (TPSA) is 48.1 Å². The van der Waals surface area contributed by atoms with Gasteiger partial charge in [-0.15, -0.1) is 0 Å². The van der Waals surface area contributed by atoms with E-state index in [9.17, 15) is 4.39 Å². The summed E-state index contributed by atoms with van der Waals surface area (Å²) in [6.07, 6.45) is 1.60. The minimum atomic E-state index is -0.507. The summed E-state index contributed by atoms with van der Waals surface area (Å²) in [6.45, 7) is 1.89. The number of nitrogens with two attached hydrogens (primary N) is 1. The molecule has 1 aromatic heterocycles. The summed E-state index contributed by atoms with van der Waals surface area (Å²) < 4.78 is 19.7. The van der Waals surface area contributed by atoms with Gasteiger partial charge < -0.3 is 10.5 Å². The van der Waals surface area contributed by atoms with E-state index in [1.165, 1.54) is 12.1 Å². The molecule has 88 valence electrons. The molecule has 0 radical (unpaired) electrons. The van der Waals surface area contributed by atoms with E-state index in [2.05, 4.69) is 20.9 Å². The van der Waals surface area contributed by atoms with Crippen LogP contribution in [0.5, 0.6) is 11.6 Å². The zero-order chi connectivity index (χ0) is 12.4. The van der Waals surface area contributed by atoms with Crippen molar-refractivity contribution >= 4 is 21.6 Å². The van der Waals surface area contributed by atoms with Crippen LogP contribution in [0.15, 0.2) is 34.9 Å². The van der Waals surface area contributed by atoms with Gasteiger partial charge in [-0.05, 0) is 40.5 Å². The van der Waals surface area contributed by atoms with E-state index in [1.54, 1.807) is 18.3 Å². The highest BCUT2D eigenvalue weighted by atomic mass is 79.9. The number of aromatic nitrogens is 1. The van der Waals surface area contributed by atoms with E-state index < -0.39 is 5.82 Å². The molecule has 0 aliphatic rings. The molecular weight excluding hydrogens is 287 g/mol. The lowest BCUT2D eigenvalue weighted by atomic mass is 10.3. The second-order valence-electron chi connectivity index (χ2n) is 3.53. The predicted octanol–water partition coefficient (Wildman–Crippen LogP) is 3.67. The molecule has 0 saturated carbocycles. The van der Waals surface area contributed by atoms with Crippen LogP contribution in [0.2, 0.25) is 0 Å². The fourth-order valence-corrected chi connectivity index (χ4v) is 1.52. The number of nitrogen functional groups attached to an aromatic ring is 1. The summed E-state index contributed by atoms with van der Waals surface area (Å²) >= 11 is 3.33. The first-order valence-corrected chi connectivity index (χ1v) is 5.71. The molecule has 17 heavy (non-hydrogen) atoms. The first-order chi connectivity index (χ1) is 8.08. The van der Waals surface area contributed by atoms with Crippen molar-refractivity contribution in [3.8, 4) is 11.6 Å². The van der Waals surface area contributed by atoms with Crippen LogP contribution in [0, 0.1) is 12.7 Å². The second kappa shape index (κ2) is 4.71. The minimum absolute atomic E-state index is 0.00159. The highest BCUT2D eigenvalue weighted by Gasteiger charge is 2.09. The molecule has 0 aliphatic heterocycles. The number of anilines is 1. The molecule has 0 fully saturated rings. The van der Waals surface area contributed by atoms with Crippen molar-refractivity contribution in [2.45, 2.75) is 6.92 Å². The van der Waals surface area contributed by atoms with Gasteiger partial charge in [-0.1, -0.05) is 6.07 Å². The SMILES string of the molecule is Cc1cc(Oc2c(N)cccc2F)ncc1Br. The third-order valence-electron chi connectivity index (χ3n) is 2.23. The van der Waals surface area contributed by atoms with Gasteiger partial charge >= 0.3 is 0 Å². The monoisotopic (exact) mass is 296 g/mol. The van der Waals surface area contributed by atoms with Crippen LogP contribution in [0.25, 0.3) is 0 Å². The van der Waals surface area contributed by atoms with Crippen molar-refractivity contribution < 1.29 is 9.13 Å². The Balaban J connectivity index is 2.35. The van der Waals surface area contributed by atoms with E-state index in [1.807, 2.05) is 6.92 Å². The van der Waals surface area contributed by atoms with Gasteiger partial charge in [0.05, 0.1) is 5.69 Å². The van der Waals surface area contributed by atoms with Crippen LogP contribution in [0.3, 0.4) is 0 Å². The maximum absolute atomic E-state index is 13.5. The van der Waals surface area contributed by atoms with E-state index in [-0.39, 0.29) is 11.4 Å². The zero-order valence-electron chi connectivity index (χ0n) is 9.08. The van der Waals surface area contributed by atoms with Gasteiger partial charge in [0.1, 0.15) is 0 Å². The summed E-state index contributed by atoms with van der Waals surface area (Å²) in [7, 11) is 0. The fourth-order valence-electron chi connectivity index (χ4n) is 1.31. The van der Waals surface area contributed by atoms with Crippen molar-refractivity contribution in [1.29, 1.82) is 0 Å². The average Bonchev–Trinajstić information content (AvgIpc) is 2.28. The molecule has 2 N–H and O–H groups in total. The van der Waals surface area contributed by atoms with Crippen LogP contribution >= 0.6 is 15.9 Å². The lowest BCUT2D eigenvalue weighted by Gasteiger charge is -2.09. The summed E-state index contributed by atoms with van der Waals surface area (Å²) in [4.78, 5) is 4.03. The summed E-state index contributed by atoms with van der Waals surface area (Å²) in [5.41, 5.74) is 6.83. The molecule has 0 saturated heterocycles. The highest BCUT2D eigenvalue weighted by Crippen LogP contribution is 2.30. The number of pyridine rings is 1. The number of ether oxygens (including phenoxy) is 1. The summed E-state index contributed by atoms with van der Waals surface area (Å²) in [5, 5.41) is 0. The Hall–Kier alpha value is -1.62. The average molecular weight is 297 g/mol. The number of benzene rings is 1. The van der Waals surface area contributed by atoms with Crippen molar-refractivity contribution in [1.82, 2.24) is 4.98 Å². The fraction of sp³-hybridized carbons (Fsp3) is 0.0833. The zero-order valence-corrected chi connectivity index (χ0v) is 10.7. The third-order valence-corrected chi connectivity index (χ3v) is 3.06. The molecule has 1 aromatic carbocycles. The second-order valence-corrected chi connectivity index (χ2v) is 4.39. The minimum Gasteiger partial charge on any atom is -0.434 e. The molecule has 0 amide bonds. The molecule has 0 bridgehead atoms. The molecule has 5 heteroatoms. The molecular formula is C12H10BrFN2O. The van der Waals surface area contributed by atoms with Gasteiger partial charge in [0.2, 0.25) is 5.88 Å². The van der Waals surface area contributed by atoms with Crippen molar-refractivity contribution in [2.75, 3.05) is 5.73 Å². The normalized spacial score (nSPS) is 10.3. The van der Waals surface area contributed by atoms with E-state index in [4.69, 9.17) is 10.5 Å². The van der Waals surface area contributed by atoms with E-state index >= 15 is 0 Å². The van der Waals surface area contributed by atoms with E-state index in [0.717, 1.165) is 10.0 Å². The number of hydrogen-bond donors (Lipinski definition) is 1. The first-order valence-electron chi connectivity index (χ1n) is 4.92. The number of hydrogen-bond acceptors (Lipinski definition) is 3. The number of nitrogens with zero attached hydrogens (tertiary/aromatic N) is 1. The maximum Gasteiger partial charge on any atom is 0.219 e.